The maximum absolute atomic E-state index is 12.8. The van der Waals surface area contributed by atoms with Crippen LogP contribution < -0.4 is 5.84 Å². The maximum Gasteiger partial charge on any atom is 0.416 e. The molecular weight excluding hydrogens is 407 g/mol. The number of hydrogen-bond donors (Lipinski definition) is 1. The van der Waals surface area contributed by atoms with E-state index in [-0.39, 0.29) is 15.9 Å². The average molecular weight is 416 g/mol. The second-order valence-electron chi connectivity index (χ2n) is 5.20. The van der Waals surface area contributed by atoms with Crippen LogP contribution in [0.25, 0.3) is 11.4 Å². The third-order valence-electron chi connectivity index (χ3n) is 3.46. The predicted molar refractivity (Wildman–Crippen MR) is 92.8 cm³/mol. The van der Waals surface area contributed by atoms with Crippen LogP contribution in [0, 0.1) is 10.1 Å². The van der Waals surface area contributed by atoms with Gasteiger partial charge in [-0.15, -0.1) is 10.2 Å². The number of benzene rings is 2. The number of rotatable bonds is 4. The topological polar surface area (TPSA) is 99.9 Å². The van der Waals surface area contributed by atoms with Crippen LogP contribution in [-0.4, -0.2) is 19.8 Å². The van der Waals surface area contributed by atoms with E-state index in [1.54, 1.807) is 24.3 Å². The van der Waals surface area contributed by atoms with E-state index in [4.69, 9.17) is 17.4 Å². The first kappa shape index (κ1) is 19.0. The van der Waals surface area contributed by atoms with E-state index in [1.165, 1.54) is 0 Å². The lowest BCUT2D eigenvalue weighted by Gasteiger charge is -2.08. The zero-order chi connectivity index (χ0) is 19.8. The van der Waals surface area contributed by atoms with Crippen LogP contribution in [0.15, 0.2) is 52.5 Å². The molecule has 3 rings (SSSR count). The van der Waals surface area contributed by atoms with Gasteiger partial charge in [0, 0.05) is 11.6 Å². The molecule has 0 bridgehead atoms. The molecule has 140 valence electrons. The molecule has 12 heteroatoms. The van der Waals surface area contributed by atoms with E-state index in [2.05, 4.69) is 10.2 Å². The van der Waals surface area contributed by atoms with Crippen molar-refractivity contribution in [2.24, 2.45) is 0 Å². The van der Waals surface area contributed by atoms with Crippen molar-refractivity contribution in [2.75, 3.05) is 5.84 Å². The van der Waals surface area contributed by atoms with Gasteiger partial charge in [0.1, 0.15) is 0 Å². The lowest BCUT2D eigenvalue weighted by molar-refractivity contribution is -0.388. The van der Waals surface area contributed by atoms with Gasteiger partial charge in [-0.25, -0.2) is 4.68 Å². The number of nitro benzene ring substituents is 1. The van der Waals surface area contributed by atoms with E-state index in [0.717, 1.165) is 28.6 Å². The van der Waals surface area contributed by atoms with Gasteiger partial charge in [0.2, 0.25) is 5.16 Å². The fraction of sp³-hybridized carbons (Fsp3) is 0.0667. The van der Waals surface area contributed by atoms with Crippen molar-refractivity contribution in [1.82, 2.24) is 14.9 Å². The Morgan fingerprint density at radius 1 is 1.19 bits per heavy atom. The molecule has 0 unspecified atom stereocenters. The first-order chi connectivity index (χ1) is 12.7. The Morgan fingerprint density at radius 3 is 2.52 bits per heavy atom. The van der Waals surface area contributed by atoms with Gasteiger partial charge in [0.25, 0.3) is 5.69 Å². The van der Waals surface area contributed by atoms with Gasteiger partial charge in [-0.1, -0.05) is 23.7 Å². The molecule has 0 aliphatic carbocycles. The minimum absolute atomic E-state index is 0.0489. The summed E-state index contributed by atoms with van der Waals surface area (Å²) < 4.78 is 39.4. The van der Waals surface area contributed by atoms with E-state index in [0.29, 0.717) is 16.7 Å². The Balaban J connectivity index is 1.99. The van der Waals surface area contributed by atoms with E-state index < -0.39 is 22.4 Å². The van der Waals surface area contributed by atoms with Gasteiger partial charge >= 0.3 is 6.18 Å². The molecule has 1 aromatic heterocycles. The van der Waals surface area contributed by atoms with Crippen molar-refractivity contribution < 1.29 is 18.1 Å². The zero-order valence-corrected chi connectivity index (χ0v) is 14.7. The molecule has 27 heavy (non-hydrogen) atoms. The highest BCUT2D eigenvalue weighted by atomic mass is 35.5. The standard InChI is InChI=1S/C15H9ClF3N5O2S/c16-10-4-2-1-3-9(10)13-21-22-14(23(13)20)27-12-6-5-8(15(17,18)19)7-11(12)24(25)26/h1-7H,20H2. The molecule has 0 spiro atoms. The van der Waals surface area contributed by atoms with E-state index >= 15 is 0 Å². The van der Waals surface area contributed by atoms with E-state index in [1.807, 2.05) is 0 Å². The molecule has 0 aliphatic rings. The van der Waals surface area contributed by atoms with Crippen molar-refractivity contribution in [3.8, 4) is 11.4 Å². The molecule has 0 saturated heterocycles. The second kappa shape index (κ2) is 7.08. The smallest absolute Gasteiger partial charge is 0.335 e. The van der Waals surface area contributed by atoms with Crippen LogP contribution in [0.5, 0.6) is 0 Å². The van der Waals surface area contributed by atoms with Crippen molar-refractivity contribution >= 4 is 29.1 Å². The van der Waals surface area contributed by atoms with Crippen molar-refractivity contribution in [1.29, 1.82) is 0 Å². The summed E-state index contributed by atoms with van der Waals surface area (Å²) in [5.41, 5.74) is -1.34. The fourth-order valence-electron chi connectivity index (χ4n) is 2.19. The Hall–Kier alpha value is -2.79. The molecule has 0 radical (unpaired) electrons. The molecule has 0 fully saturated rings. The lowest BCUT2D eigenvalue weighted by atomic mass is 10.2. The molecule has 0 saturated carbocycles. The normalized spacial score (nSPS) is 11.6. The van der Waals surface area contributed by atoms with Crippen molar-refractivity contribution in [3.05, 3.63) is 63.2 Å². The summed E-state index contributed by atoms with van der Waals surface area (Å²) in [5.74, 6) is 6.15. The average Bonchev–Trinajstić information content (AvgIpc) is 2.95. The highest BCUT2D eigenvalue weighted by Gasteiger charge is 2.33. The third-order valence-corrected chi connectivity index (χ3v) is 4.82. The Kier molecular flexibility index (Phi) is 4.98. The molecule has 0 atom stereocenters. The highest BCUT2D eigenvalue weighted by Crippen LogP contribution is 2.39. The SMILES string of the molecule is Nn1c(Sc2ccc(C(F)(F)F)cc2[N+](=O)[O-])nnc1-c1ccccc1Cl. The first-order valence-corrected chi connectivity index (χ1v) is 8.37. The Labute approximate surface area is 159 Å². The number of nitro groups is 1. The zero-order valence-electron chi connectivity index (χ0n) is 13.1. The van der Waals surface area contributed by atoms with Crippen LogP contribution in [0.1, 0.15) is 5.56 Å². The molecular formula is C15H9ClF3N5O2S. The number of halogens is 4. The lowest BCUT2D eigenvalue weighted by Crippen LogP contribution is -2.12. The Bertz CT molecular complexity index is 1020. The largest absolute Gasteiger partial charge is 0.416 e. The minimum Gasteiger partial charge on any atom is -0.335 e. The second-order valence-corrected chi connectivity index (χ2v) is 6.61. The van der Waals surface area contributed by atoms with Gasteiger partial charge in [0.15, 0.2) is 5.82 Å². The maximum atomic E-state index is 12.8. The minimum atomic E-state index is -4.70. The molecule has 3 aromatic rings. The molecule has 0 aliphatic heterocycles. The molecule has 7 nitrogen and oxygen atoms in total. The summed E-state index contributed by atoms with van der Waals surface area (Å²) in [4.78, 5) is 10.2. The summed E-state index contributed by atoms with van der Waals surface area (Å²) in [6, 6.07) is 8.92. The predicted octanol–water partition coefficient (Wildman–Crippen LogP) is 4.39. The number of alkyl halides is 3. The van der Waals surface area contributed by atoms with Crippen LogP contribution >= 0.6 is 23.4 Å². The van der Waals surface area contributed by atoms with Gasteiger partial charge in [-0.05, 0) is 36.0 Å². The van der Waals surface area contributed by atoms with E-state index in [9.17, 15) is 23.3 Å². The number of nitrogens with two attached hydrogens (primary N) is 1. The highest BCUT2D eigenvalue weighted by molar-refractivity contribution is 7.99. The van der Waals surface area contributed by atoms with Gasteiger partial charge in [0.05, 0.1) is 20.4 Å². The number of nitrogens with zero attached hydrogens (tertiary/aromatic N) is 4. The third kappa shape index (κ3) is 3.83. The van der Waals surface area contributed by atoms with Crippen LogP contribution in [0.2, 0.25) is 5.02 Å². The van der Waals surface area contributed by atoms with Crippen LogP contribution in [0.4, 0.5) is 18.9 Å². The van der Waals surface area contributed by atoms with Crippen molar-refractivity contribution in [3.63, 3.8) is 0 Å². The quantitative estimate of drug-likeness (QED) is 0.385. The molecule has 0 amide bonds. The van der Waals surface area contributed by atoms with Gasteiger partial charge < -0.3 is 5.84 Å². The Morgan fingerprint density at radius 2 is 1.89 bits per heavy atom. The number of hydrogen-bond acceptors (Lipinski definition) is 6. The van der Waals surface area contributed by atoms with Crippen LogP contribution in [-0.2, 0) is 6.18 Å². The summed E-state index contributed by atoms with van der Waals surface area (Å²) in [7, 11) is 0. The number of aromatic nitrogens is 3. The van der Waals surface area contributed by atoms with Gasteiger partial charge in [-0.3, -0.25) is 10.1 Å². The molecule has 1 heterocycles. The number of nitrogen functional groups attached to an aromatic ring is 1. The van der Waals surface area contributed by atoms with Gasteiger partial charge in [-0.2, -0.15) is 13.2 Å². The molecule has 2 aromatic carbocycles. The first-order valence-electron chi connectivity index (χ1n) is 7.17. The summed E-state index contributed by atoms with van der Waals surface area (Å²) >= 11 is 6.81. The van der Waals surface area contributed by atoms with Crippen molar-refractivity contribution in [2.45, 2.75) is 16.2 Å². The summed E-state index contributed by atoms with van der Waals surface area (Å²) in [6.07, 6.45) is -4.70. The monoisotopic (exact) mass is 415 g/mol. The fourth-order valence-corrected chi connectivity index (χ4v) is 3.25. The summed E-state index contributed by atoms with van der Waals surface area (Å²) in [5, 5.41) is 19.4. The summed E-state index contributed by atoms with van der Waals surface area (Å²) in [6.45, 7) is 0. The van der Waals surface area contributed by atoms with Crippen LogP contribution in [0.3, 0.4) is 0 Å². The molecule has 2 N–H and O–H groups in total.